The Bertz CT molecular complexity index is 467. The summed E-state index contributed by atoms with van der Waals surface area (Å²) >= 11 is 5.77. The third-order valence-electron chi connectivity index (χ3n) is 3.43. The molecule has 2 rings (SSSR count). The van der Waals surface area contributed by atoms with E-state index >= 15 is 0 Å². The Morgan fingerprint density at radius 2 is 2.26 bits per heavy atom. The standard InChI is InChI=1S/C14H18ClFN2O/c1-9(10-5-6-12(16)11(15)8-10)18-13-4-2-3-7-17-14(13)19/h5-6,8-9,13,18H,2-4,7H2,1H3,(H,17,19). The van der Waals surface area contributed by atoms with Crippen LogP contribution < -0.4 is 10.6 Å². The summed E-state index contributed by atoms with van der Waals surface area (Å²) in [7, 11) is 0. The number of nitrogens with one attached hydrogen (secondary N) is 2. The van der Waals surface area contributed by atoms with Gasteiger partial charge in [-0.1, -0.05) is 17.7 Å². The van der Waals surface area contributed by atoms with Crippen molar-refractivity contribution in [1.29, 1.82) is 0 Å². The van der Waals surface area contributed by atoms with Crippen molar-refractivity contribution in [3.8, 4) is 0 Å². The molecular formula is C14H18ClFN2O. The molecule has 2 N–H and O–H groups in total. The van der Waals surface area contributed by atoms with Gasteiger partial charge >= 0.3 is 0 Å². The van der Waals surface area contributed by atoms with Gasteiger partial charge in [-0.05, 0) is 43.9 Å². The molecule has 19 heavy (non-hydrogen) atoms. The molecule has 2 atom stereocenters. The Hall–Kier alpha value is -1.13. The minimum Gasteiger partial charge on any atom is -0.355 e. The molecule has 0 radical (unpaired) electrons. The van der Waals surface area contributed by atoms with Crippen LogP contribution in [0.2, 0.25) is 5.02 Å². The zero-order chi connectivity index (χ0) is 13.8. The summed E-state index contributed by atoms with van der Waals surface area (Å²) in [5, 5.41) is 6.27. The Balaban J connectivity index is 2.04. The monoisotopic (exact) mass is 284 g/mol. The zero-order valence-electron chi connectivity index (χ0n) is 10.9. The van der Waals surface area contributed by atoms with E-state index in [-0.39, 0.29) is 23.0 Å². The molecule has 0 aliphatic carbocycles. The van der Waals surface area contributed by atoms with Gasteiger partial charge in [0.25, 0.3) is 0 Å². The lowest BCUT2D eigenvalue weighted by atomic mass is 10.1. The second-order valence-electron chi connectivity index (χ2n) is 4.90. The molecule has 0 bridgehead atoms. The fraction of sp³-hybridized carbons (Fsp3) is 0.500. The molecule has 1 aromatic rings. The largest absolute Gasteiger partial charge is 0.355 e. The molecule has 1 heterocycles. The van der Waals surface area contributed by atoms with Crippen LogP contribution in [0.5, 0.6) is 0 Å². The van der Waals surface area contributed by atoms with E-state index in [1.165, 1.54) is 6.07 Å². The number of hydrogen-bond acceptors (Lipinski definition) is 2. The summed E-state index contributed by atoms with van der Waals surface area (Å²) in [5.74, 6) is -0.387. The Morgan fingerprint density at radius 1 is 1.47 bits per heavy atom. The average molecular weight is 285 g/mol. The van der Waals surface area contributed by atoms with E-state index in [1.807, 2.05) is 6.92 Å². The van der Waals surface area contributed by atoms with Gasteiger partial charge in [0.2, 0.25) is 5.91 Å². The second-order valence-corrected chi connectivity index (χ2v) is 5.31. The Kier molecular flexibility index (Phi) is 4.77. The lowest BCUT2D eigenvalue weighted by molar-refractivity contribution is -0.123. The maximum Gasteiger partial charge on any atom is 0.237 e. The van der Waals surface area contributed by atoms with Gasteiger partial charge in [0.05, 0.1) is 11.1 Å². The van der Waals surface area contributed by atoms with Crippen molar-refractivity contribution in [3.63, 3.8) is 0 Å². The number of halogens is 2. The lowest BCUT2D eigenvalue weighted by Crippen LogP contribution is -2.43. The fourth-order valence-corrected chi connectivity index (χ4v) is 2.47. The lowest BCUT2D eigenvalue weighted by Gasteiger charge is -2.21. The minimum atomic E-state index is -0.426. The summed E-state index contributed by atoms with van der Waals surface area (Å²) in [6, 6.07) is 4.40. The molecule has 104 valence electrons. The number of benzene rings is 1. The first-order chi connectivity index (χ1) is 9.08. The predicted octanol–water partition coefficient (Wildman–Crippen LogP) is 2.80. The van der Waals surface area contributed by atoms with Crippen LogP contribution in [0.1, 0.15) is 37.8 Å². The predicted molar refractivity (Wildman–Crippen MR) is 73.6 cm³/mol. The smallest absolute Gasteiger partial charge is 0.237 e. The maximum absolute atomic E-state index is 13.1. The average Bonchev–Trinajstić information content (AvgIpc) is 2.58. The van der Waals surface area contributed by atoms with E-state index in [1.54, 1.807) is 12.1 Å². The number of carbonyl (C=O) groups excluding carboxylic acids is 1. The summed E-state index contributed by atoms with van der Waals surface area (Å²) in [4.78, 5) is 11.8. The molecular weight excluding hydrogens is 267 g/mol. The van der Waals surface area contributed by atoms with Gasteiger partial charge in [-0.15, -0.1) is 0 Å². The van der Waals surface area contributed by atoms with Gasteiger partial charge in [-0.2, -0.15) is 0 Å². The van der Waals surface area contributed by atoms with Crippen LogP contribution >= 0.6 is 11.6 Å². The van der Waals surface area contributed by atoms with E-state index in [9.17, 15) is 9.18 Å². The molecule has 2 unspecified atom stereocenters. The summed E-state index contributed by atoms with van der Waals surface area (Å²) in [5.41, 5.74) is 0.878. The van der Waals surface area contributed by atoms with Crippen LogP contribution in [0, 0.1) is 5.82 Å². The van der Waals surface area contributed by atoms with Crippen molar-refractivity contribution >= 4 is 17.5 Å². The maximum atomic E-state index is 13.1. The van der Waals surface area contributed by atoms with E-state index in [2.05, 4.69) is 10.6 Å². The molecule has 0 spiro atoms. The summed E-state index contributed by atoms with van der Waals surface area (Å²) in [6.07, 6.45) is 2.86. The van der Waals surface area contributed by atoms with Crippen LogP contribution in [-0.2, 0) is 4.79 Å². The molecule has 1 amide bonds. The molecule has 3 nitrogen and oxygen atoms in total. The molecule has 1 fully saturated rings. The number of rotatable bonds is 3. The first kappa shape index (κ1) is 14.3. The van der Waals surface area contributed by atoms with Crippen molar-refractivity contribution in [1.82, 2.24) is 10.6 Å². The molecule has 1 aliphatic heterocycles. The van der Waals surface area contributed by atoms with E-state index < -0.39 is 5.82 Å². The van der Waals surface area contributed by atoms with Gasteiger partial charge < -0.3 is 5.32 Å². The van der Waals surface area contributed by atoms with Crippen LogP contribution in [0.3, 0.4) is 0 Å². The third kappa shape index (κ3) is 3.67. The summed E-state index contributed by atoms with van der Waals surface area (Å²) < 4.78 is 13.1. The van der Waals surface area contributed by atoms with Gasteiger partial charge in [-0.25, -0.2) is 4.39 Å². The van der Waals surface area contributed by atoms with Crippen molar-refractivity contribution in [2.24, 2.45) is 0 Å². The number of amides is 1. The van der Waals surface area contributed by atoms with E-state index in [4.69, 9.17) is 11.6 Å². The van der Waals surface area contributed by atoms with Crippen LogP contribution in [-0.4, -0.2) is 18.5 Å². The normalized spacial score (nSPS) is 21.6. The van der Waals surface area contributed by atoms with Gasteiger partial charge in [-0.3, -0.25) is 10.1 Å². The third-order valence-corrected chi connectivity index (χ3v) is 3.72. The van der Waals surface area contributed by atoms with Gasteiger partial charge in [0.1, 0.15) is 5.82 Å². The highest BCUT2D eigenvalue weighted by atomic mass is 35.5. The molecule has 1 aromatic carbocycles. The highest BCUT2D eigenvalue weighted by Gasteiger charge is 2.22. The van der Waals surface area contributed by atoms with Crippen molar-refractivity contribution in [2.45, 2.75) is 38.3 Å². The first-order valence-corrected chi connectivity index (χ1v) is 6.94. The fourth-order valence-electron chi connectivity index (χ4n) is 2.28. The van der Waals surface area contributed by atoms with Crippen molar-refractivity contribution < 1.29 is 9.18 Å². The minimum absolute atomic E-state index is 0.0394. The first-order valence-electron chi connectivity index (χ1n) is 6.56. The molecule has 0 aromatic heterocycles. The molecule has 1 saturated heterocycles. The molecule has 1 aliphatic rings. The highest BCUT2D eigenvalue weighted by molar-refractivity contribution is 6.30. The molecule has 5 heteroatoms. The van der Waals surface area contributed by atoms with Crippen molar-refractivity contribution in [3.05, 3.63) is 34.6 Å². The Labute approximate surface area is 117 Å². The van der Waals surface area contributed by atoms with Crippen LogP contribution in [0.4, 0.5) is 4.39 Å². The van der Waals surface area contributed by atoms with E-state index in [0.717, 1.165) is 31.4 Å². The van der Waals surface area contributed by atoms with Crippen molar-refractivity contribution in [2.75, 3.05) is 6.54 Å². The second kappa shape index (κ2) is 6.35. The van der Waals surface area contributed by atoms with Gasteiger partial charge in [0, 0.05) is 12.6 Å². The number of hydrogen-bond donors (Lipinski definition) is 2. The highest BCUT2D eigenvalue weighted by Crippen LogP contribution is 2.21. The SMILES string of the molecule is CC(NC1CCCCNC1=O)c1ccc(F)c(Cl)c1. The van der Waals surface area contributed by atoms with Gasteiger partial charge in [0.15, 0.2) is 0 Å². The molecule has 0 saturated carbocycles. The van der Waals surface area contributed by atoms with Crippen LogP contribution in [0.15, 0.2) is 18.2 Å². The van der Waals surface area contributed by atoms with E-state index in [0.29, 0.717) is 0 Å². The quantitative estimate of drug-likeness (QED) is 0.896. The van der Waals surface area contributed by atoms with Crippen LogP contribution in [0.25, 0.3) is 0 Å². The Morgan fingerprint density at radius 3 is 3.00 bits per heavy atom. The summed E-state index contributed by atoms with van der Waals surface area (Å²) in [6.45, 7) is 2.69. The topological polar surface area (TPSA) is 41.1 Å². The number of carbonyl (C=O) groups is 1. The zero-order valence-corrected chi connectivity index (χ0v) is 11.6.